The minimum Gasteiger partial charge on any atom is -0.481 e. The first-order valence-electron chi connectivity index (χ1n) is 5.21. The molecule has 0 amide bonds. The quantitative estimate of drug-likeness (QED) is 0.569. The van der Waals surface area contributed by atoms with Crippen molar-refractivity contribution in [1.82, 2.24) is 14.8 Å². The third-order valence-electron chi connectivity index (χ3n) is 2.27. The van der Waals surface area contributed by atoms with E-state index in [0.29, 0.717) is 5.16 Å². The normalized spacial score (nSPS) is 10.7. The molecule has 0 radical (unpaired) electrons. The van der Waals surface area contributed by atoms with E-state index in [1.807, 2.05) is 29.7 Å². The molecule has 1 heterocycles. The molecular weight excluding hydrogens is 445 g/mol. The van der Waals surface area contributed by atoms with E-state index in [1.165, 1.54) is 0 Å². The molecule has 2 rings (SSSR count). The number of aliphatic carboxylic acids is 1. The molecule has 0 atom stereocenters. The second-order valence-electron chi connectivity index (χ2n) is 3.64. The van der Waals surface area contributed by atoms with E-state index in [2.05, 4.69) is 48.7 Å². The monoisotopic (exact) mass is 453 g/mol. The molecule has 8 heteroatoms. The number of nitrogens with zero attached hydrogens (tertiary/aromatic N) is 3. The van der Waals surface area contributed by atoms with E-state index < -0.39 is 5.97 Å². The fourth-order valence-corrected chi connectivity index (χ4v) is 3.11. The van der Waals surface area contributed by atoms with Gasteiger partial charge in [-0.2, -0.15) is 0 Å². The van der Waals surface area contributed by atoms with Crippen molar-refractivity contribution in [3.05, 3.63) is 32.1 Å². The number of hydrogen-bond acceptors (Lipinski definition) is 4. The average Bonchev–Trinajstić information content (AvgIpc) is 2.71. The van der Waals surface area contributed by atoms with Crippen molar-refractivity contribution in [3.8, 4) is 5.69 Å². The summed E-state index contributed by atoms with van der Waals surface area (Å²) < 4.78 is 3.84. The Morgan fingerprint density at radius 2 is 2.26 bits per heavy atom. The van der Waals surface area contributed by atoms with Crippen molar-refractivity contribution in [3.63, 3.8) is 0 Å². The minimum atomic E-state index is -0.876. The van der Waals surface area contributed by atoms with Gasteiger partial charge >= 0.3 is 5.97 Å². The van der Waals surface area contributed by atoms with Gasteiger partial charge in [0.05, 0.1) is 11.4 Å². The molecule has 0 bridgehead atoms. The largest absolute Gasteiger partial charge is 0.481 e. The summed E-state index contributed by atoms with van der Waals surface area (Å²) in [6.45, 7) is 1.84. The maximum Gasteiger partial charge on any atom is 0.313 e. The highest BCUT2D eigenvalue weighted by Gasteiger charge is 2.15. The van der Waals surface area contributed by atoms with Gasteiger partial charge in [0.25, 0.3) is 0 Å². The van der Waals surface area contributed by atoms with Crippen LogP contribution in [0.4, 0.5) is 0 Å². The summed E-state index contributed by atoms with van der Waals surface area (Å²) in [4.78, 5) is 10.7. The number of hydrogen-bond donors (Lipinski definition) is 1. The van der Waals surface area contributed by atoms with Crippen LogP contribution in [0, 0.1) is 10.5 Å². The van der Waals surface area contributed by atoms with Crippen molar-refractivity contribution in [1.29, 1.82) is 0 Å². The van der Waals surface area contributed by atoms with Crippen LogP contribution in [0.15, 0.2) is 27.8 Å². The van der Waals surface area contributed by atoms with Gasteiger partial charge in [0, 0.05) is 8.04 Å². The lowest BCUT2D eigenvalue weighted by Crippen LogP contribution is -2.04. The molecule has 0 unspecified atom stereocenters. The number of carboxylic acids is 1. The zero-order valence-corrected chi connectivity index (χ0v) is 14.4. The van der Waals surface area contributed by atoms with Crippen LogP contribution in [0.5, 0.6) is 0 Å². The maximum atomic E-state index is 10.7. The maximum absolute atomic E-state index is 10.7. The molecule has 5 nitrogen and oxygen atoms in total. The molecule has 0 saturated heterocycles. The van der Waals surface area contributed by atoms with Gasteiger partial charge in [-0.15, -0.1) is 10.2 Å². The number of thioether (sulfide) groups is 1. The zero-order valence-electron chi connectivity index (χ0n) is 9.80. The van der Waals surface area contributed by atoms with Crippen molar-refractivity contribution in [2.75, 3.05) is 5.75 Å². The molecular formula is C11H9BrIN3O2S. The van der Waals surface area contributed by atoms with Gasteiger partial charge < -0.3 is 5.11 Å². The summed E-state index contributed by atoms with van der Waals surface area (Å²) in [5.41, 5.74) is 0.905. The summed E-state index contributed by atoms with van der Waals surface area (Å²) in [5.74, 6) is -0.200. The molecule has 0 aliphatic rings. The van der Waals surface area contributed by atoms with Gasteiger partial charge in [-0.3, -0.25) is 9.36 Å². The fourth-order valence-electron chi connectivity index (χ4n) is 1.50. The average molecular weight is 454 g/mol. The Hall–Kier alpha value is -0.610. The van der Waals surface area contributed by atoms with E-state index >= 15 is 0 Å². The molecule has 2 aromatic rings. The molecule has 0 saturated carbocycles. The van der Waals surface area contributed by atoms with E-state index in [4.69, 9.17) is 5.11 Å². The predicted molar refractivity (Wildman–Crippen MR) is 84.9 cm³/mol. The molecule has 0 fully saturated rings. The van der Waals surface area contributed by atoms with Crippen LogP contribution in [-0.4, -0.2) is 31.6 Å². The first-order chi connectivity index (χ1) is 8.99. The lowest BCUT2D eigenvalue weighted by atomic mass is 10.3. The third kappa shape index (κ3) is 3.48. The van der Waals surface area contributed by atoms with Crippen LogP contribution in [0.25, 0.3) is 5.69 Å². The molecule has 0 aliphatic carbocycles. The van der Waals surface area contributed by atoms with Gasteiger partial charge in [-0.05, 0) is 63.6 Å². The molecule has 0 spiro atoms. The van der Waals surface area contributed by atoms with Crippen LogP contribution in [0.3, 0.4) is 0 Å². The second-order valence-corrected chi connectivity index (χ2v) is 6.69. The minimum absolute atomic E-state index is 0.0420. The molecule has 1 N–H and O–H groups in total. The Morgan fingerprint density at radius 1 is 1.53 bits per heavy atom. The summed E-state index contributed by atoms with van der Waals surface area (Å²) in [5, 5.41) is 17.4. The molecule has 1 aromatic heterocycles. The number of aryl methyl sites for hydroxylation is 1. The number of benzene rings is 1. The highest BCUT2D eigenvalue weighted by molar-refractivity contribution is 14.1. The molecule has 19 heavy (non-hydrogen) atoms. The molecule has 1 aromatic carbocycles. The summed E-state index contributed by atoms with van der Waals surface area (Å²) in [7, 11) is 0. The van der Waals surface area contributed by atoms with Crippen molar-refractivity contribution in [2.24, 2.45) is 0 Å². The number of carboxylic acid groups (broad SMARTS) is 1. The van der Waals surface area contributed by atoms with E-state index in [1.54, 1.807) is 0 Å². The SMILES string of the molecule is Cc1nnc(SCC(=O)O)n1-c1cc(I)ccc1Br. The predicted octanol–water partition coefficient (Wildman–Crippen LogP) is 3.12. The smallest absolute Gasteiger partial charge is 0.313 e. The second kappa shape index (κ2) is 6.23. The van der Waals surface area contributed by atoms with Gasteiger partial charge in [-0.1, -0.05) is 11.8 Å². The highest BCUT2D eigenvalue weighted by atomic mass is 127. The van der Waals surface area contributed by atoms with Crippen LogP contribution < -0.4 is 0 Å². The van der Waals surface area contributed by atoms with Crippen LogP contribution in [-0.2, 0) is 4.79 Å². The van der Waals surface area contributed by atoms with Crippen molar-refractivity contribution in [2.45, 2.75) is 12.1 Å². The Morgan fingerprint density at radius 3 is 2.95 bits per heavy atom. The van der Waals surface area contributed by atoms with Gasteiger partial charge in [-0.25, -0.2) is 0 Å². The van der Waals surface area contributed by atoms with E-state index in [9.17, 15) is 4.79 Å². The Bertz CT molecular complexity index is 632. The lowest BCUT2D eigenvalue weighted by Gasteiger charge is -2.10. The topological polar surface area (TPSA) is 68.0 Å². The summed E-state index contributed by atoms with van der Waals surface area (Å²) in [6.07, 6.45) is 0. The molecule has 0 aliphatic heterocycles. The summed E-state index contributed by atoms with van der Waals surface area (Å²) in [6, 6.07) is 5.92. The fraction of sp³-hybridized carbons (Fsp3) is 0.182. The van der Waals surface area contributed by atoms with Gasteiger partial charge in [0.2, 0.25) is 0 Å². The number of aromatic nitrogens is 3. The van der Waals surface area contributed by atoms with Crippen LogP contribution >= 0.6 is 50.3 Å². The van der Waals surface area contributed by atoms with Crippen molar-refractivity contribution < 1.29 is 9.90 Å². The van der Waals surface area contributed by atoms with E-state index in [-0.39, 0.29) is 5.75 Å². The number of carbonyl (C=O) groups is 1. The number of halogens is 2. The van der Waals surface area contributed by atoms with Crippen molar-refractivity contribution >= 4 is 56.3 Å². The lowest BCUT2D eigenvalue weighted by molar-refractivity contribution is -0.133. The Kier molecular flexibility index (Phi) is 4.85. The van der Waals surface area contributed by atoms with Crippen LogP contribution in [0.1, 0.15) is 5.82 Å². The Labute approximate surface area is 136 Å². The zero-order chi connectivity index (χ0) is 14.0. The van der Waals surface area contributed by atoms with Crippen LogP contribution in [0.2, 0.25) is 0 Å². The van der Waals surface area contributed by atoms with E-state index in [0.717, 1.165) is 31.3 Å². The standard InChI is InChI=1S/C11H9BrIN3O2S/c1-6-14-15-11(19-5-10(17)18)16(6)9-4-7(13)2-3-8(9)12/h2-4H,5H2,1H3,(H,17,18). The number of rotatable bonds is 4. The first-order valence-corrected chi connectivity index (χ1v) is 8.07. The molecule has 100 valence electrons. The van der Waals surface area contributed by atoms with Gasteiger partial charge in [0.15, 0.2) is 5.16 Å². The first kappa shape index (κ1) is 14.8. The highest BCUT2D eigenvalue weighted by Crippen LogP contribution is 2.28. The van der Waals surface area contributed by atoms with Gasteiger partial charge in [0.1, 0.15) is 5.82 Å². The summed E-state index contributed by atoms with van der Waals surface area (Å²) >= 11 is 6.87. The third-order valence-corrected chi connectivity index (χ3v) is 4.52. The Balaban J connectivity index is 2.46.